The van der Waals surface area contributed by atoms with Crippen LogP contribution in [0.3, 0.4) is 0 Å². The highest BCUT2D eigenvalue weighted by Gasteiger charge is 2.30. The van der Waals surface area contributed by atoms with Crippen LogP contribution in [0.2, 0.25) is 0 Å². The molecule has 88 valence electrons. The fraction of sp³-hybridized carbons (Fsp3) is 0.571. The Labute approximate surface area is 97.8 Å². The molecule has 0 aliphatic heterocycles. The first-order valence-electron chi connectivity index (χ1n) is 5.94. The molecule has 1 aliphatic rings. The van der Waals surface area contributed by atoms with E-state index in [-0.39, 0.29) is 0 Å². The van der Waals surface area contributed by atoms with Crippen molar-refractivity contribution in [3.8, 4) is 5.75 Å². The summed E-state index contributed by atoms with van der Waals surface area (Å²) in [6.45, 7) is 6.51. The minimum atomic E-state index is 0.409. The Balaban J connectivity index is 2.42. The van der Waals surface area contributed by atoms with Crippen LogP contribution in [0, 0.1) is 20.8 Å². The molecule has 0 atom stereocenters. The second-order valence-corrected chi connectivity index (χ2v) is 4.99. The van der Waals surface area contributed by atoms with E-state index in [1.54, 1.807) is 7.11 Å². The van der Waals surface area contributed by atoms with Gasteiger partial charge in [0, 0.05) is 6.04 Å². The number of hydrogen-bond donors (Lipinski definition) is 1. The molecule has 1 aromatic rings. The maximum Gasteiger partial charge on any atom is 0.122 e. The van der Waals surface area contributed by atoms with Crippen molar-refractivity contribution in [2.45, 2.75) is 45.6 Å². The van der Waals surface area contributed by atoms with Gasteiger partial charge in [0.25, 0.3) is 0 Å². The molecule has 1 aliphatic carbocycles. The molecule has 0 amide bonds. The number of hydrogen-bond acceptors (Lipinski definition) is 2. The van der Waals surface area contributed by atoms with Gasteiger partial charge in [-0.2, -0.15) is 0 Å². The van der Waals surface area contributed by atoms with Gasteiger partial charge < -0.3 is 10.5 Å². The van der Waals surface area contributed by atoms with Crippen molar-refractivity contribution in [3.63, 3.8) is 0 Å². The van der Waals surface area contributed by atoms with Crippen molar-refractivity contribution in [3.05, 3.63) is 28.3 Å². The minimum absolute atomic E-state index is 0.409. The van der Waals surface area contributed by atoms with Gasteiger partial charge in [0.05, 0.1) is 7.11 Å². The Bertz CT molecular complexity index is 406. The predicted octanol–water partition coefficient (Wildman–Crippen LogP) is 2.83. The van der Waals surface area contributed by atoms with Gasteiger partial charge in [-0.05, 0) is 67.9 Å². The molecule has 0 spiro atoms. The van der Waals surface area contributed by atoms with Crippen molar-refractivity contribution in [1.82, 2.24) is 0 Å². The zero-order chi connectivity index (χ0) is 11.9. The summed E-state index contributed by atoms with van der Waals surface area (Å²) in [4.78, 5) is 0. The van der Waals surface area contributed by atoms with Crippen LogP contribution in [0.25, 0.3) is 0 Å². The largest absolute Gasteiger partial charge is 0.496 e. The van der Waals surface area contributed by atoms with Crippen LogP contribution >= 0.6 is 0 Å². The van der Waals surface area contributed by atoms with Gasteiger partial charge in [0.2, 0.25) is 0 Å². The zero-order valence-corrected chi connectivity index (χ0v) is 10.6. The Morgan fingerprint density at radius 2 is 1.81 bits per heavy atom. The van der Waals surface area contributed by atoms with E-state index in [2.05, 4.69) is 26.8 Å². The fourth-order valence-corrected chi connectivity index (χ4v) is 2.80. The molecule has 0 heterocycles. The lowest BCUT2D eigenvalue weighted by Crippen LogP contribution is -2.35. The van der Waals surface area contributed by atoms with Crippen LogP contribution in [-0.2, 0) is 0 Å². The number of ether oxygens (including phenoxy) is 1. The van der Waals surface area contributed by atoms with E-state index in [4.69, 9.17) is 10.5 Å². The van der Waals surface area contributed by atoms with Gasteiger partial charge in [-0.1, -0.05) is 0 Å². The van der Waals surface area contributed by atoms with Crippen molar-refractivity contribution in [1.29, 1.82) is 0 Å². The first kappa shape index (κ1) is 11.5. The number of methoxy groups -OCH3 is 1. The summed E-state index contributed by atoms with van der Waals surface area (Å²) in [6.07, 6.45) is 2.26. The highest BCUT2D eigenvalue weighted by molar-refractivity contribution is 5.50. The molecular weight excluding hydrogens is 198 g/mol. The molecule has 2 heteroatoms. The molecule has 0 aromatic heterocycles. The molecule has 2 nitrogen and oxygen atoms in total. The summed E-state index contributed by atoms with van der Waals surface area (Å²) in [5.74, 6) is 1.67. The van der Waals surface area contributed by atoms with Gasteiger partial charge in [-0.25, -0.2) is 0 Å². The van der Waals surface area contributed by atoms with E-state index in [0.717, 1.165) is 18.6 Å². The molecular formula is C14H21NO. The summed E-state index contributed by atoms with van der Waals surface area (Å²) in [5, 5.41) is 0. The summed E-state index contributed by atoms with van der Waals surface area (Å²) >= 11 is 0. The molecule has 0 bridgehead atoms. The zero-order valence-electron chi connectivity index (χ0n) is 10.6. The van der Waals surface area contributed by atoms with Crippen LogP contribution in [0.5, 0.6) is 5.75 Å². The standard InChI is InChI=1S/C14H21NO/c1-8-5-13(16-4)9(2)10(3)14(8)11-6-12(15)7-11/h5,11-12H,6-7,15H2,1-4H3. The average molecular weight is 219 g/mol. The number of benzene rings is 1. The van der Waals surface area contributed by atoms with Crippen LogP contribution < -0.4 is 10.5 Å². The topological polar surface area (TPSA) is 35.2 Å². The molecule has 16 heavy (non-hydrogen) atoms. The summed E-state index contributed by atoms with van der Waals surface area (Å²) in [6, 6.07) is 2.56. The Morgan fingerprint density at radius 1 is 1.19 bits per heavy atom. The highest BCUT2D eigenvalue weighted by atomic mass is 16.5. The van der Waals surface area contributed by atoms with Gasteiger partial charge in [0.15, 0.2) is 0 Å². The summed E-state index contributed by atoms with van der Waals surface area (Å²) in [5.41, 5.74) is 11.4. The number of nitrogens with two attached hydrogens (primary N) is 1. The van der Waals surface area contributed by atoms with E-state index in [0.29, 0.717) is 12.0 Å². The van der Waals surface area contributed by atoms with Gasteiger partial charge in [-0.15, -0.1) is 0 Å². The Kier molecular flexibility index (Phi) is 2.94. The Morgan fingerprint density at radius 3 is 2.31 bits per heavy atom. The second-order valence-electron chi connectivity index (χ2n) is 4.99. The van der Waals surface area contributed by atoms with E-state index < -0.39 is 0 Å². The van der Waals surface area contributed by atoms with Crippen LogP contribution in [0.4, 0.5) is 0 Å². The fourth-order valence-electron chi connectivity index (χ4n) is 2.80. The van der Waals surface area contributed by atoms with Gasteiger partial charge in [0.1, 0.15) is 5.75 Å². The average Bonchev–Trinajstić information content (AvgIpc) is 2.21. The monoisotopic (exact) mass is 219 g/mol. The molecule has 2 rings (SSSR count). The highest BCUT2D eigenvalue weighted by Crippen LogP contribution is 2.41. The molecule has 0 saturated heterocycles. The quantitative estimate of drug-likeness (QED) is 0.830. The first-order valence-corrected chi connectivity index (χ1v) is 5.94. The van der Waals surface area contributed by atoms with Crippen LogP contribution in [0.1, 0.15) is 41.0 Å². The lowest BCUT2D eigenvalue weighted by atomic mass is 9.73. The van der Waals surface area contributed by atoms with Crippen molar-refractivity contribution >= 4 is 0 Å². The minimum Gasteiger partial charge on any atom is -0.496 e. The van der Waals surface area contributed by atoms with Crippen molar-refractivity contribution in [2.75, 3.05) is 7.11 Å². The third-order valence-electron chi connectivity index (χ3n) is 3.91. The van der Waals surface area contributed by atoms with Crippen LogP contribution in [0.15, 0.2) is 6.07 Å². The maximum atomic E-state index is 5.88. The summed E-state index contributed by atoms with van der Waals surface area (Å²) < 4.78 is 5.39. The smallest absolute Gasteiger partial charge is 0.122 e. The van der Waals surface area contributed by atoms with E-state index in [1.165, 1.54) is 22.3 Å². The second kappa shape index (κ2) is 4.10. The lowest BCUT2D eigenvalue weighted by Gasteiger charge is -2.35. The molecule has 0 unspecified atom stereocenters. The molecule has 1 aromatic carbocycles. The van der Waals surface area contributed by atoms with E-state index in [1.807, 2.05) is 0 Å². The maximum absolute atomic E-state index is 5.88. The van der Waals surface area contributed by atoms with Gasteiger partial charge in [-0.3, -0.25) is 0 Å². The van der Waals surface area contributed by atoms with E-state index >= 15 is 0 Å². The lowest BCUT2D eigenvalue weighted by molar-refractivity contribution is 0.348. The number of rotatable bonds is 2. The third kappa shape index (κ3) is 1.71. The number of aryl methyl sites for hydroxylation is 1. The SMILES string of the molecule is COc1cc(C)c(C2CC(N)C2)c(C)c1C. The van der Waals surface area contributed by atoms with Crippen molar-refractivity contribution < 1.29 is 4.74 Å². The Hall–Kier alpha value is -1.02. The third-order valence-corrected chi connectivity index (χ3v) is 3.91. The molecule has 0 radical (unpaired) electrons. The molecule has 1 fully saturated rings. The van der Waals surface area contributed by atoms with Crippen LogP contribution in [-0.4, -0.2) is 13.2 Å². The molecule has 1 saturated carbocycles. The summed E-state index contributed by atoms with van der Waals surface area (Å²) in [7, 11) is 1.74. The predicted molar refractivity (Wildman–Crippen MR) is 67.2 cm³/mol. The van der Waals surface area contributed by atoms with Crippen molar-refractivity contribution in [2.24, 2.45) is 5.73 Å². The first-order chi connectivity index (χ1) is 7.54. The van der Waals surface area contributed by atoms with Gasteiger partial charge >= 0.3 is 0 Å². The molecule has 2 N–H and O–H groups in total. The van der Waals surface area contributed by atoms with E-state index in [9.17, 15) is 0 Å². The normalized spacial score (nSPS) is 24.1.